The average Bonchev–Trinajstić information content (AvgIpc) is 2.49. The summed E-state index contributed by atoms with van der Waals surface area (Å²) in [4.78, 5) is 15.9. The smallest absolute Gasteiger partial charge is 0.380 e. The van der Waals surface area contributed by atoms with E-state index < -0.39 is 22.9 Å². The lowest BCUT2D eigenvalue weighted by Gasteiger charge is -2.15. The van der Waals surface area contributed by atoms with Crippen LogP contribution in [0.5, 0.6) is 0 Å². The average molecular weight is 441 g/mol. The first-order valence-corrected chi connectivity index (χ1v) is 7.82. The number of hydrogen-bond donors (Lipinski definition) is 1. The molecular formula is C14H15F3IN3O2. The minimum Gasteiger partial charge on any atom is -0.380 e. The van der Waals surface area contributed by atoms with Crippen molar-refractivity contribution in [2.45, 2.75) is 25.7 Å². The van der Waals surface area contributed by atoms with E-state index >= 15 is 0 Å². The Hall–Kier alpha value is -1.20. The molecule has 0 saturated heterocycles. The van der Waals surface area contributed by atoms with Gasteiger partial charge >= 0.3 is 6.18 Å². The van der Waals surface area contributed by atoms with E-state index in [1.165, 1.54) is 6.20 Å². The van der Waals surface area contributed by atoms with Gasteiger partial charge in [-0.05, 0) is 41.1 Å². The number of fused-ring (bicyclic) bond motifs is 1. The van der Waals surface area contributed by atoms with Gasteiger partial charge in [-0.2, -0.15) is 13.2 Å². The minimum atomic E-state index is -4.59. The highest BCUT2D eigenvalue weighted by Crippen LogP contribution is 2.32. The van der Waals surface area contributed by atoms with Crippen LogP contribution in [0.15, 0.2) is 23.3 Å². The molecule has 0 spiro atoms. The number of pyridine rings is 1. The van der Waals surface area contributed by atoms with Gasteiger partial charge in [0.15, 0.2) is 5.65 Å². The van der Waals surface area contributed by atoms with Gasteiger partial charge < -0.3 is 10.1 Å². The molecule has 1 atom stereocenters. The van der Waals surface area contributed by atoms with Crippen LogP contribution >= 0.6 is 22.6 Å². The molecule has 126 valence electrons. The maximum absolute atomic E-state index is 13.2. The van der Waals surface area contributed by atoms with Crippen LogP contribution in [-0.4, -0.2) is 29.1 Å². The third-order valence-electron chi connectivity index (χ3n) is 3.29. The van der Waals surface area contributed by atoms with Gasteiger partial charge in [-0.1, -0.05) is 0 Å². The van der Waals surface area contributed by atoms with E-state index in [9.17, 15) is 18.0 Å². The fourth-order valence-electron chi connectivity index (χ4n) is 2.03. The Morgan fingerprint density at radius 1 is 1.48 bits per heavy atom. The van der Waals surface area contributed by atoms with Crippen molar-refractivity contribution in [2.24, 2.45) is 0 Å². The fourth-order valence-corrected chi connectivity index (χ4v) is 2.43. The molecule has 0 aliphatic carbocycles. The predicted molar refractivity (Wildman–Crippen MR) is 87.4 cm³/mol. The summed E-state index contributed by atoms with van der Waals surface area (Å²) < 4.78 is 46.0. The Kier molecular flexibility index (Phi) is 5.63. The van der Waals surface area contributed by atoms with Crippen LogP contribution in [0.2, 0.25) is 0 Å². The Morgan fingerprint density at radius 2 is 2.17 bits per heavy atom. The monoisotopic (exact) mass is 441 g/mol. The minimum absolute atomic E-state index is 0.0668. The van der Waals surface area contributed by atoms with Crippen molar-refractivity contribution in [3.63, 3.8) is 0 Å². The van der Waals surface area contributed by atoms with Gasteiger partial charge in [-0.15, -0.1) is 0 Å². The molecule has 0 radical (unpaired) electrons. The van der Waals surface area contributed by atoms with Crippen molar-refractivity contribution >= 4 is 28.2 Å². The predicted octanol–water partition coefficient (Wildman–Crippen LogP) is 2.44. The zero-order valence-corrected chi connectivity index (χ0v) is 14.6. The number of aromatic nitrogens is 2. The molecule has 0 fully saturated rings. The Labute approximate surface area is 144 Å². The molecule has 1 N–H and O–H groups in total. The van der Waals surface area contributed by atoms with Crippen LogP contribution < -0.4 is 10.9 Å². The SMILES string of the molecule is CO[C@@H](C)CNCc1cc(C(F)(F)F)c2ncc(I)c(=O)n2c1. The molecule has 2 rings (SSSR count). The number of halogens is 4. The standard InChI is InChI=1S/C14H15F3IN3O2/c1-8(23-2)4-19-5-9-3-10(14(15,16)17)12-20-6-11(18)13(22)21(12)7-9/h3,6-8,19H,4-5H2,1-2H3/t8-/m0/s1. The molecule has 2 aromatic heterocycles. The summed E-state index contributed by atoms with van der Waals surface area (Å²) >= 11 is 1.75. The van der Waals surface area contributed by atoms with Gasteiger partial charge in [0.05, 0.1) is 15.2 Å². The van der Waals surface area contributed by atoms with E-state index in [4.69, 9.17) is 4.74 Å². The van der Waals surface area contributed by atoms with Crippen LogP contribution in [0.4, 0.5) is 13.2 Å². The highest BCUT2D eigenvalue weighted by atomic mass is 127. The summed E-state index contributed by atoms with van der Waals surface area (Å²) in [5, 5.41) is 3.00. The van der Waals surface area contributed by atoms with E-state index in [2.05, 4.69) is 10.3 Å². The molecule has 0 aliphatic heterocycles. The van der Waals surface area contributed by atoms with Gasteiger partial charge in [-0.3, -0.25) is 9.20 Å². The molecule has 23 heavy (non-hydrogen) atoms. The van der Waals surface area contributed by atoms with Gasteiger partial charge in [0.25, 0.3) is 5.56 Å². The summed E-state index contributed by atoms with van der Waals surface area (Å²) in [6.45, 7) is 2.51. The first kappa shape index (κ1) is 18.1. The number of rotatable bonds is 5. The Bertz CT molecular complexity index is 761. The van der Waals surface area contributed by atoms with Crippen LogP contribution in [-0.2, 0) is 17.5 Å². The Balaban J connectivity index is 2.46. The summed E-state index contributed by atoms with van der Waals surface area (Å²) in [6, 6.07) is 1.01. The van der Waals surface area contributed by atoms with E-state index in [0.717, 1.165) is 16.7 Å². The molecule has 0 saturated carbocycles. The van der Waals surface area contributed by atoms with Gasteiger partial charge in [0, 0.05) is 32.6 Å². The van der Waals surface area contributed by atoms with Crippen molar-refractivity contribution in [1.29, 1.82) is 0 Å². The second-order valence-corrected chi connectivity index (χ2v) is 6.20. The summed E-state index contributed by atoms with van der Waals surface area (Å²) in [5.41, 5.74) is -1.49. The number of methoxy groups -OCH3 is 1. The first-order valence-electron chi connectivity index (χ1n) is 6.74. The van der Waals surface area contributed by atoms with E-state index in [-0.39, 0.29) is 16.2 Å². The highest BCUT2D eigenvalue weighted by molar-refractivity contribution is 14.1. The Morgan fingerprint density at radius 3 is 2.78 bits per heavy atom. The number of alkyl halides is 3. The van der Waals surface area contributed by atoms with Crippen molar-refractivity contribution in [3.8, 4) is 0 Å². The highest BCUT2D eigenvalue weighted by Gasteiger charge is 2.34. The zero-order chi connectivity index (χ0) is 17.2. The van der Waals surface area contributed by atoms with E-state index in [1.54, 1.807) is 29.7 Å². The van der Waals surface area contributed by atoms with Crippen LogP contribution in [0.1, 0.15) is 18.1 Å². The number of hydrogen-bond acceptors (Lipinski definition) is 4. The fraction of sp³-hybridized carbons (Fsp3) is 0.429. The van der Waals surface area contributed by atoms with Crippen LogP contribution in [0.3, 0.4) is 0 Å². The topological polar surface area (TPSA) is 55.6 Å². The van der Waals surface area contributed by atoms with E-state index in [1.807, 2.05) is 6.92 Å². The normalized spacial score (nSPS) is 13.5. The third kappa shape index (κ3) is 4.21. The maximum Gasteiger partial charge on any atom is 0.419 e. The van der Waals surface area contributed by atoms with Crippen LogP contribution in [0.25, 0.3) is 5.65 Å². The second kappa shape index (κ2) is 7.14. The van der Waals surface area contributed by atoms with Gasteiger partial charge in [0.1, 0.15) is 0 Å². The molecule has 0 unspecified atom stereocenters. The molecule has 9 heteroatoms. The number of nitrogens with one attached hydrogen (secondary N) is 1. The second-order valence-electron chi connectivity index (χ2n) is 5.04. The lowest BCUT2D eigenvalue weighted by Crippen LogP contribution is -2.27. The summed E-state index contributed by atoms with van der Waals surface area (Å²) in [6.07, 6.45) is -2.13. The van der Waals surface area contributed by atoms with Crippen molar-refractivity contribution < 1.29 is 17.9 Å². The number of ether oxygens (including phenoxy) is 1. The summed E-state index contributed by atoms with van der Waals surface area (Å²) in [5.74, 6) is 0. The molecule has 0 bridgehead atoms. The number of nitrogens with zero attached hydrogens (tertiary/aromatic N) is 2. The molecular weight excluding hydrogens is 426 g/mol. The lowest BCUT2D eigenvalue weighted by atomic mass is 10.1. The first-order chi connectivity index (χ1) is 10.7. The summed E-state index contributed by atoms with van der Waals surface area (Å²) in [7, 11) is 1.55. The van der Waals surface area contributed by atoms with Gasteiger partial charge in [-0.25, -0.2) is 4.98 Å². The molecule has 2 aromatic rings. The molecule has 5 nitrogen and oxygen atoms in total. The zero-order valence-electron chi connectivity index (χ0n) is 12.4. The molecule has 2 heterocycles. The van der Waals surface area contributed by atoms with Crippen molar-refractivity contribution in [1.82, 2.24) is 14.7 Å². The third-order valence-corrected chi connectivity index (χ3v) is 4.03. The molecule has 0 amide bonds. The largest absolute Gasteiger partial charge is 0.419 e. The van der Waals surface area contributed by atoms with Gasteiger partial charge in [0.2, 0.25) is 0 Å². The van der Waals surface area contributed by atoms with Crippen LogP contribution in [0, 0.1) is 3.57 Å². The maximum atomic E-state index is 13.2. The lowest BCUT2D eigenvalue weighted by molar-refractivity contribution is -0.136. The quantitative estimate of drug-likeness (QED) is 0.725. The van der Waals surface area contributed by atoms with Crippen molar-refractivity contribution in [2.75, 3.05) is 13.7 Å². The molecule has 0 aromatic carbocycles. The van der Waals surface area contributed by atoms with E-state index in [0.29, 0.717) is 12.1 Å². The molecule has 0 aliphatic rings. The van der Waals surface area contributed by atoms with Crippen molar-refractivity contribution in [3.05, 3.63) is 43.5 Å².